The summed E-state index contributed by atoms with van der Waals surface area (Å²) in [5, 5.41) is 5.88. The van der Waals surface area contributed by atoms with E-state index in [0.717, 1.165) is 30.8 Å². The third-order valence-electron chi connectivity index (χ3n) is 5.25. The minimum Gasteiger partial charge on any atom is -0.337 e. The number of rotatable bonds is 6. The summed E-state index contributed by atoms with van der Waals surface area (Å²) >= 11 is 0. The number of carbonyl (C=O) groups excluding carboxylic acids is 3. The summed E-state index contributed by atoms with van der Waals surface area (Å²) in [5.41, 5.74) is -0.835. The smallest absolute Gasteiger partial charge is 0.325 e. The average molecular weight is 376 g/mol. The van der Waals surface area contributed by atoms with Gasteiger partial charge in [0, 0.05) is 19.1 Å². The molecule has 146 valence electrons. The number of nitrogens with zero attached hydrogens (tertiary/aromatic N) is 2. The summed E-state index contributed by atoms with van der Waals surface area (Å²) in [6, 6.07) is 4.88. The van der Waals surface area contributed by atoms with Gasteiger partial charge in [-0.1, -0.05) is 19.1 Å². The van der Waals surface area contributed by atoms with Crippen molar-refractivity contribution in [1.29, 1.82) is 0 Å². The van der Waals surface area contributed by atoms with Gasteiger partial charge in [-0.3, -0.25) is 14.5 Å². The van der Waals surface area contributed by atoms with E-state index < -0.39 is 23.3 Å². The average Bonchev–Trinajstić information content (AvgIpc) is 3.24. The molecule has 0 aliphatic carbocycles. The van der Waals surface area contributed by atoms with Crippen molar-refractivity contribution in [2.24, 2.45) is 0 Å². The van der Waals surface area contributed by atoms with Gasteiger partial charge in [0.05, 0.1) is 0 Å². The van der Waals surface area contributed by atoms with Crippen LogP contribution in [0.3, 0.4) is 0 Å². The molecule has 0 spiro atoms. The molecule has 1 aromatic rings. The van der Waals surface area contributed by atoms with Crippen molar-refractivity contribution < 1.29 is 18.8 Å². The molecule has 2 atom stereocenters. The molecule has 0 radical (unpaired) electrons. The molecule has 0 bridgehead atoms. The third-order valence-corrected chi connectivity index (χ3v) is 5.25. The topological polar surface area (TPSA) is 81.8 Å². The Kier molecular flexibility index (Phi) is 5.46. The number of nitrogens with one attached hydrogen (secondary N) is 2. The Labute approximate surface area is 157 Å². The van der Waals surface area contributed by atoms with E-state index in [-0.39, 0.29) is 18.5 Å². The molecule has 2 aliphatic heterocycles. The first-order valence-electron chi connectivity index (χ1n) is 9.27. The van der Waals surface area contributed by atoms with E-state index in [1.54, 1.807) is 11.8 Å². The molecule has 0 saturated carbocycles. The highest BCUT2D eigenvalue weighted by Crippen LogP contribution is 2.29. The summed E-state index contributed by atoms with van der Waals surface area (Å²) in [7, 11) is 0. The third kappa shape index (κ3) is 3.66. The highest BCUT2D eigenvalue weighted by Gasteiger charge is 2.49. The first-order valence-corrected chi connectivity index (χ1v) is 9.27. The lowest BCUT2D eigenvalue weighted by Crippen LogP contribution is -2.48. The molecule has 1 aromatic carbocycles. The molecule has 4 amide bonds. The lowest BCUT2D eigenvalue weighted by atomic mass is 9.92. The van der Waals surface area contributed by atoms with E-state index in [1.807, 2.05) is 6.92 Å². The molecule has 0 aromatic heterocycles. The first kappa shape index (κ1) is 19.3. The minimum atomic E-state index is -1.31. The second kappa shape index (κ2) is 7.64. The Morgan fingerprint density at radius 1 is 1.33 bits per heavy atom. The summed E-state index contributed by atoms with van der Waals surface area (Å²) in [5.74, 6) is -1.17. The van der Waals surface area contributed by atoms with Gasteiger partial charge < -0.3 is 15.5 Å². The number of halogens is 1. The van der Waals surface area contributed by atoms with Crippen molar-refractivity contribution in [3.05, 3.63) is 35.6 Å². The van der Waals surface area contributed by atoms with Crippen LogP contribution in [0.5, 0.6) is 0 Å². The predicted octanol–water partition coefficient (Wildman–Crippen LogP) is 1.19. The van der Waals surface area contributed by atoms with E-state index in [9.17, 15) is 18.8 Å². The van der Waals surface area contributed by atoms with Crippen molar-refractivity contribution in [1.82, 2.24) is 20.4 Å². The molecule has 2 aliphatic rings. The first-order chi connectivity index (χ1) is 12.9. The van der Waals surface area contributed by atoms with Gasteiger partial charge in [0.1, 0.15) is 17.9 Å². The zero-order valence-corrected chi connectivity index (χ0v) is 15.6. The summed E-state index contributed by atoms with van der Waals surface area (Å²) in [6.45, 7) is 5.42. The van der Waals surface area contributed by atoms with Crippen molar-refractivity contribution in [2.75, 3.05) is 26.2 Å². The van der Waals surface area contributed by atoms with Gasteiger partial charge in [-0.2, -0.15) is 0 Å². The fourth-order valence-corrected chi connectivity index (χ4v) is 3.70. The Balaban J connectivity index is 1.76. The number of hydrogen-bond acceptors (Lipinski definition) is 4. The Morgan fingerprint density at radius 2 is 2.04 bits per heavy atom. The summed E-state index contributed by atoms with van der Waals surface area (Å²) in [4.78, 5) is 40.9. The van der Waals surface area contributed by atoms with Crippen LogP contribution in [0.4, 0.5) is 9.18 Å². The number of urea groups is 1. The van der Waals surface area contributed by atoms with Crippen LogP contribution in [-0.2, 0) is 15.1 Å². The Morgan fingerprint density at radius 3 is 2.63 bits per heavy atom. The summed E-state index contributed by atoms with van der Waals surface area (Å²) < 4.78 is 13.2. The van der Waals surface area contributed by atoms with Crippen molar-refractivity contribution in [3.8, 4) is 0 Å². The van der Waals surface area contributed by atoms with Crippen molar-refractivity contribution >= 4 is 17.8 Å². The molecule has 8 heteroatoms. The molecule has 2 N–H and O–H groups in total. The van der Waals surface area contributed by atoms with Gasteiger partial charge in [0.15, 0.2) is 0 Å². The van der Waals surface area contributed by atoms with Gasteiger partial charge in [0.25, 0.3) is 5.91 Å². The van der Waals surface area contributed by atoms with E-state index in [4.69, 9.17) is 0 Å². The molecule has 2 saturated heterocycles. The van der Waals surface area contributed by atoms with Crippen LogP contribution in [-0.4, -0.2) is 59.9 Å². The number of benzene rings is 1. The van der Waals surface area contributed by atoms with E-state index in [0.29, 0.717) is 12.1 Å². The van der Waals surface area contributed by atoms with Crippen LogP contribution in [0, 0.1) is 5.82 Å². The van der Waals surface area contributed by atoms with E-state index >= 15 is 0 Å². The van der Waals surface area contributed by atoms with Crippen LogP contribution in [0.1, 0.15) is 32.3 Å². The standard InChI is InChI=1S/C19H25FN4O3/c1-3-10-23(15-8-9-21-11-15)16(25)12-24-17(26)19(2,22-18(24)27)13-4-6-14(20)7-5-13/h4-7,15,21H,3,8-12H2,1-2H3,(H,22,27). The number of hydrogen-bond donors (Lipinski definition) is 2. The van der Waals surface area contributed by atoms with Crippen LogP contribution in [0.25, 0.3) is 0 Å². The van der Waals surface area contributed by atoms with Crippen LogP contribution in [0.2, 0.25) is 0 Å². The molecular weight excluding hydrogens is 351 g/mol. The van der Waals surface area contributed by atoms with E-state index in [1.165, 1.54) is 24.3 Å². The van der Waals surface area contributed by atoms with Crippen LogP contribution in [0.15, 0.2) is 24.3 Å². The zero-order chi connectivity index (χ0) is 19.6. The van der Waals surface area contributed by atoms with Crippen LogP contribution < -0.4 is 10.6 Å². The maximum absolute atomic E-state index is 13.2. The second-order valence-electron chi connectivity index (χ2n) is 7.19. The predicted molar refractivity (Wildman–Crippen MR) is 97.3 cm³/mol. The highest BCUT2D eigenvalue weighted by molar-refractivity contribution is 6.09. The number of amides is 4. The zero-order valence-electron chi connectivity index (χ0n) is 15.6. The molecule has 27 heavy (non-hydrogen) atoms. The number of carbonyl (C=O) groups is 3. The van der Waals surface area contributed by atoms with Crippen LogP contribution >= 0.6 is 0 Å². The fourth-order valence-electron chi connectivity index (χ4n) is 3.70. The van der Waals surface area contributed by atoms with Gasteiger partial charge >= 0.3 is 6.03 Å². The molecule has 3 rings (SSSR count). The molecule has 7 nitrogen and oxygen atoms in total. The van der Waals surface area contributed by atoms with Crippen molar-refractivity contribution in [3.63, 3.8) is 0 Å². The monoisotopic (exact) mass is 376 g/mol. The largest absolute Gasteiger partial charge is 0.337 e. The molecular formula is C19H25FN4O3. The second-order valence-corrected chi connectivity index (χ2v) is 7.19. The SMILES string of the molecule is CCCN(C(=O)CN1C(=O)NC(C)(c2ccc(F)cc2)C1=O)C1CCNC1. The Hall–Kier alpha value is -2.48. The number of imide groups is 1. The maximum atomic E-state index is 13.2. The van der Waals surface area contributed by atoms with Gasteiger partial charge in [-0.15, -0.1) is 0 Å². The fraction of sp³-hybridized carbons (Fsp3) is 0.526. The lowest BCUT2D eigenvalue weighted by molar-refractivity contribution is -0.140. The molecule has 2 unspecified atom stereocenters. The van der Waals surface area contributed by atoms with Crippen molar-refractivity contribution in [2.45, 2.75) is 38.3 Å². The maximum Gasteiger partial charge on any atom is 0.325 e. The lowest BCUT2D eigenvalue weighted by Gasteiger charge is -2.29. The normalized spacial score (nSPS) is 25.0. The molecule has 2 heterocycles. The quantitative estimate of drug-likeness (QED) is 0.731. The van der Waals surface area contributed by atoms with E-state index in [2.05, 4.69) is 10.6 Å². The Bertz CT molecular complexity index is 733. The summed E-state index contributed by atoms with van der Waals surface area (Å²) in [6.07, 6.45) is 1.66. The molecule has 2 fully saturated rings. The highest BCUT2D eigenvalue weighted by atomic mass is 19.1. The minimum absolute atomic E-state index is 0.0849. The van der Waals surface area contributed by atoms with Gasteiger partial charge in [-0.25, -0.2) is 9.18 Å². The van der Waals surface area contributed by atoms with Gasteiger partial charge in [-0.05, 0) is 44.0 Å². The van der Waals surface area contributed by atoms with Gasteiger partial charge in [0.2, 0.25) is 5.91 Å².